The van der Waals surface area contributed by atoms with Crippen LogP contribution in [0.25, 0.3) is 11.1 Å². The minimum absolute atomic E-state index is 0.737. The van der Waals surface area contributed by atoms with Gasteiger partial charge in [0.1, 0.15) is 5.75 Å². The van der Waals surface area contributed by atoms with Gasteiger partial charge in [-0.15, -0.1) is 0 Å². The summed E-state index contributed by atoms with van der Waals surface area (Å²) in [5.74, 6) is 0.911. The molecule has 0 amide bonds. The summed E-state index contributed by atoms with van der Waals surface area (Å²) in [7, 11) is 0. The molecule has 0 aliphatic rings. The Labute approximate surface area is 148 Å². The van der Waals surface area contributed by atoms with Crippen LogP contribution < -0.4 is 4.74 Å². The Morgan fingerprint density at radius 1 is 0.833 bits per heavy atom. The summed E-state index contributed by atoms with van der Waals surface area (Å²) in [5, 5.41) is 0.755. The molecule has 0 saturated carbocycles. The number of aromatic nitrogens is 1. The number of rotatable bonds is 7. The molecule has 1 aromatic heterocycles. The number of aryl methyl sites for hydroxylation is 1. The van der Waals surface area contributed by atoms with Gasteiger partial charge in [-0.1, -0.05) is 41.9 Å². The van der Waals surface area contributed by atoms with E-state index in [2.05, 4.69) is 23.2 Å². The van der Waals surface area contributed by atoms with Gasteiger partial charge in [-0.05, 0) is 66.3 Å². The van der Waals surface area contributed by atoms with Gasteiger partial charge in [0.25, 0.3) is 0 Å². The van der Waals surface area contributed by atoms with E-state index in [1.807, 2.05) is 48.7 Å². The highest BCUT2D eigenvalue weighted by Gasteiger charge is 2.00. The van der Waals surface area contributed by atoms with E-state index in [0.29, 0.717) is 0 Å². The average molecular weight is 338 g/mol. The van der Waals surface area contributed by atoms with Gasteiger partial charge in [-0.3, -0.25) is 4.98 Å². The summed E-state index contributed by atoms with van der Waals surface area (Å²) >= 11 is 5.92. The van der Waals surface area contributed by atoms with Crippen molar-refractivity contribution >= 4 is 11.6 Å². The first kappa shape index (κ1) is 16.5. The van der Waals surface area contributed by atoms with Gasteiger partial charge in [-0.2, -0.15) is 0 Å². The van der Waals surface area contributed by atoms with Gasteiger partial charge in [0.2, 0.25) is 0 Å². The SMILES string of the molecule is Clc1ccc(-c2ccc(OCCCCc3cccnc3)cc2)cc1. The molecular formula is C21H20ClNO. The largest absolute Gasteiger partial charge is 0.494 e. The molecule has 2 aromatic carbocycles. The van der Waals surface area contributed by atoms with Crippen molar-refractivity contribution in [1.82, 2.24) is 4.98 Å². The van der Waals surface area contributed by atoms with Crippen LogP contribution in [0.2, 0.25) is 5.02 Å². The van der Waals surface area contributed by atoms with Crippen LogP contribution in [0.4, 0.5) is 0 Å². The molecule has 0 atom stereocenters. The second-order valence-electron chi connectivity index (χ2n) is 5.70. The Balaban J connectivity index is 1.44. The highest BCUT2D eigenvalue weighted by atomic mass is 35.5. The van der Waals surface area contributed by atoms with Crippen LogP contribution in [0.15, 0.2) is 73.1 Å². The monoisotopic (exact) mass is 337 g/mol. The number of halogens is 1. The average Bonchev–Trinajstić information content (AvgIpc) is 2.64. The summed E-state index contributed by atoms with van der Waals surface area (Å²) in [6, 6.07) is 20.1. The standard InChI is InChI=1S/C21H20ClNO/c22-20-10-6-18(7-11-20)19-8-12-21(13-9-19)24-15-2-1-4-17-5-3-14-23-16-17/h3,5-14,16H,1-2,4,15H2. The van der Waals surface area contributed by atoms with Gasteiger partial charge < -0.3 is 4.74 Å². The van der Waals surface area contributed by atoms with E-state index >= 15 is 0 Å². The second kappa shape index (κ2) is 8.51. The maximum atomic E-state index is 5.92. The fourth-order valence-electron chi connectivity index (χ4n) is 2.55. The van der Waals surface area contributed by atoms with Crippen LogP contribution in [0.3, 0.4) is 0 Å². The molecule has 0 N–H and O–H groups in total. The number of hydrogen-bond donors (Lipinski definition) is 0. The lowest BCUT2D eigenvalue weighted by Gasteiger charge is -2.08. The fraction of sp³-hybridized carbons (Fsp3) is 0.190. The smallest absolute Gasteiger partial charge is 0.119 e. The third-order valence-electron chi connectivity index (χ3n) is 3.88. The lowest BCUT2D eigenvalue weighted by Crippen LogP contribution is -1.98. The van der Waals surface area contributed by atoms with Crippen molar-refractivity contribution in [3.8, 4) is 16.9 Å². The molecular weight excluding hydrogens is 318 g/mol. The van der Waals surface area contributed by atoms with Gasteiger partial charge in [-0.25, -0.2) is 0 Å². The molecule has 0 spiro atoms. The summed E-state index contributed by atoms with van der Waals surface area (Å²) in [6.45, 7) is 0.737. The van der Waals surface area contributed by atoms with Crippen molar-refractivity contribution in [2.24, 2.45) is 0 Å². The van der Waals surface area contributed by atoms with E-state index in [-0.39, 0.29) is 0 Å². The molecule has 3 rings (SSSR count). The van der Waals surface area contributed by atoms with Crippen LogP contribution in [0.5, 0.6) is 5.75 Å². The van der Waals surface area contributed by atoms with E-state index in [0.717, 1.165) is 47.8 Å². The van der Waals surface area contributed by atoms with Crippen LogP contribution in [-0.2, 0) is 6.42 Å². The Bertz CT molecular complexity index is 739. The number of ether oxygens (including phenoxy) is 1. The lowest BCUT2D eigenvalue weighted by atomic mass is 10.1. The van der Waals surface area contributed by atoms with Crippen LogP contribution in [-0.4, -0.2) is 11.6 Å². The van der Waals surface area contributed by atoms with E-state index in [1.165, 1.54) is 5.56 Å². The van der Waals surface area contributed by atoms with Gasteiger partial charge in [0.05, 0.1) is 6.61 Å². The molecule has 1 heterocycles. The molecule has 122 valence electrons. The third kappa shape index (κ3) is 4.84. The van der Waals surface area contributed by atoms with Crippen molar-refractivity contribution in [1.29, 1.82) is 0 Å². The fourth-order valence-corrected chi connectivity index (χ4v) is 2.68. The molecule has 0 saturated heterocycles. The highest BCUT2D eigenvalue weighted by molar-refractivity contribution is 6.30. The van der Waals surface area contributed by atoms with Gasteiger partial charge in [0.15, 0.2) is 0 Å². The van der Waals surface area contributed by atoms with Crippen LogP contribution in [0, 0.1) is 0 Å². The molecule has 3 aromatic rings. The molecule has 2 nitrogen and oxygen atoms in total. The minimum atomic E-state index is 0.737. The highest BCUT2D eigenvalue weighted by Crippen LogP contribution is 2.24. The second-order valence-corrected chi connectivity index (χ2v) is 6.13. The third-order valence-corrected chi connectivity index (χ3v) is 4.14. The zero-order valence-electron chi connectivity index (χ0n) is 13.5. The first-order valence-electron chi connectivity index (χ1n) is 8.19. The molecule has 0 aliphatic heterocycles. The van der Waals surface area contributed by atoms with Crippen LogP contribution >= 0.6 is 11.6 Å². The molecule has 24 heavy (non-hydrogen) atoms. The van der Waals surface area contributed by atoms with Crippen LogP contribution in [0.1, 0.15) is 18.4 Å². The predicted octanol–water partition coefficient (Wildman–Crippen LogP) is 5.80. The summed E-state index contributed by atoms with van der Waals surface area (Å²) in [4.78, 5) is 4.13. The van der Waals surface area contributed by atoms with E-state index < -0.39 is 0 Å². The number of benzene rings is 2. The number of pyridine rings is 1. The van der Waals surface area contributed by atoms with Crippen molar-refractivity contribution in [2.75, 3.05) is 6.61 Å². The Morgan fingerprint density at radius 3 is 2.21 bits per heavy atom. The first-order valence-corrected chi connectivity index (χ1v) is 8.57. The zero-order valence-corrected chi connectivity index (χ0v) is 14.2. The van der Waals surface area contributed by atoms with Gasteiger partial charge >= 0.3 is 0 Å². The van der Waals surface area contributed by atoms with E-state index in [9.17, 15) is 0 Å². The number of nitrogens with zero attached hydrogens (tertiary/aromatic N) is 1. The first-order chi connectivity index (χ1) is 11.8. The summed E-state index contributed by atoms with van der Waals surface area (Å²) in [5.41, 5.74) is 3.60. The summed E-state index contributed by atoms with van der Waals surface area (Å²) in [6.07, 6.45) is 6.92. The van der Waals surface area contributed by atoms with Crippen molar-refractivity contribution < 1.29 is 4.74 Å². The van der Waals surface area contributed by atoms with Gasteiger partial charge in [0, 0.05) is 17.4 Å². The minimum Gasteiger partial charge on any atom is -0.494 e. The molecule has 3 heteroatoms. The molecule has 0 bridgehead atoms. The van der Waals surface area contributed by atoms with E-state index in [4.69, 9.17) is 16.3 Å². The quantitative estimate of drug-likeness (QED) is 0.508. The number of unbranched alkanes of at least 4 members (excludes halogenated alkanes) is 1. The van der Waals surface area contributed by atoms with Crippen molar-refractivity contribution in [3.05, 3.63) is 83.6 Å². The predicted molar refractivity (Wildman–Crippen MR) is 99.6 cm³/mol. The number of hydrogen-bond acceptors (Lipinski definition) is 2. The summed E-state index contributed by atoms with van der Waals surface area (Å²) < 4.78 is 5.82. The normalized spacial score (nSPS) is 10.5. The molecule has 0 radical (unpaired) electrons. The topological polar surface area (TPSA) is 22.1 Å². The zero-order chi connectivity index (χ0) is 16.6. The lowest BCUT2D eigenvalue weighted by molar-refractivity contribution is 0.307. The van der Waals surface area contributed by atoms with Crippen molar-refractivity contribution in [3.63, 3.8) is 0 Å². The Morgan fingerprint density at radius 2 is 1.54 bits per heavy atom. The molecule has 0 fully saturated rings. The maximum Gasteiger partial charge on any atom is 0.119 e. The Hall–Kier alpha value is -2.32. The van der Waals surface area contributed by atoms with Crippen molar-refractivity contribution in [2.45, 2.75) is 19.3 Å². The van der Waals surface area contributed by atoms with E-state index in [1.54, 1.807) is 6.20 Å². The molecule has 0 aliphatic carbocycles. The Kier molecular flexibility index (Phi) is 5.86. The molecule has 0 unspecified atom stereocenters. The maximum absolute atomic E-state index is 5.92.